The molecule has 19 heteroatoms. The molecule has 0 bridgehead atoms. The van der Waals surface area contributed by atoms with Crippen LogP contribution in [0.3, 0.4) is 0 Å². The number of benzene rings is 2. The van der Waals surface area contributed by atoms with E-state index in [-0.39, 0.29) is 73.0 Å². The lowest BCUT2D eigenvalue weighted by Crippen LogP contribution is -2.60. The number of nitrogens with zero attached hydrogens (tertiary/aromatic N) is 6. The minimum Gasteiger partial charge on any atom is -0.418 e. The van der Waals surface area contributed by atoms with Crippen LogP contribution in [0.25, 0.3) is 11.5 Å². The van der Waals surface area contributed by atoms with Gasteiger partial charge in [-0.15, -0.1) is 15.3 Å². The zero-order valence-electron chi connectivity index (χ0n) is 46.1. The van der Waals surface area contributed by atoms with Gasteiger partial charge in [0.05, 0.1) is 42.7 Å². The van der Waals surface area contributed by atoms with Gasteiger partial charge in [0.1, 0.15) is 12.1 Å². The fourth-order valence-electron chi connectivity index (χ4n) is 10.6. The standard InChI is InChI=1S/C56H84N8O11/c1-12-37(6)50(62(9)56(71)48(35(2)3)58-53(70)49(36(4)5)61(8)31-21-15-20-28-47(68)75-64-44(65)29-30-45(64)66)43(72-10)34-46(67)63-32-22-27-42(63)51(73-11)38(7)52(69)57-41(33-39-23-16-13-17-24-39)55-60-59-54(74-55)40-25-18-14-19-26-40/h13-14,16-19,23-26,35-38,41-44,48-51,65H,12,15,20-22,27-34H2,1-11H3,(H,57,69)(H,58,70)/t37-,38+,41-,42-,43+,44?,48-,49-,50-,51+/m0/s1. The number of likely N-dealkylation sites (tertiary alicyclic amines) is 1. The number of rotatable bonds is 29. The number of aliphatic hydroxyl groups is 1. The summed E-state index contributed by atoms with van der Waals surface area (Å²) in [5, 5.41) is 25.5. The molecule has 414 valence electrons. The largest absolute Gasteiger partial charge is 0.418 e. The molecule has 3 heterocycles. The SMILES string of the molecule is CC[C@H](C)[C@@H]([C@@H](CC(=O)N1CCC[C@H]1[C@H](OC)[C@@H](C)C(=O)N[C@@H](Cc1ccccc1)c1nnc(-c2ccccc2)o1)OC)N(C)C(=O)[C@@H](NC(=O)[C@H](C(C)C)N(C)CCCCCC(=O)ON1C(=O)CCC1O)C(C)C. The van der Waals surface area contributed by atoms with Crippen LogP contribution < -0.4 is 10.6 Å². The fourth-order valence-corrected chi connectivity index (χ4v) is 10.6. The van der Waals surface area contributed by atoms with Gasteiger partial charge in [-0.3, -0.25) is 28.9 Å². The van der Waals surface area contributed by atoms with Crippen LogP contribution in [0.1, 0.15) is 130 Å². The lowest BCUT2D eigenvalue weighted by molar-refractivity contribution is -0.220. The Balaban J connectivity index is 1.22. The predicted molar refractivity (Wildman–Crippen MR) is 282 cm³/mol. The number of methoxy groups -OCH3 is 2. The van der Waals surface area contributed by atoms with E-state index in [1.807, 2.05) is 114 Å². The van der Waals surface area contributed by atoms with Crippen molar-refractivity contribution in [2.24, 2.45) is 23.7 Å². The van der Waals surface area contributed by atoms with Crippen LogP contribution in [-0.4, -0.2) is 155 Å². The number of aliphatic hydroxyl groups excluding tert-OH is 1. The minimum atomic E-state index is -1.12. The summed E-state index contributed by atoms with van der Waals surface area (Å²) in [5.74, 6) is -2.59. The molecule has 1 aromatic heterocycles. The second-order valence-electron chi connectivity index (χ2n) is 21.1. The van der Waals surface area contributed by atoms with Gasteiger partial charge in [0.15, 0.2) is 6.23 Å². The van der Waals surface area contributed by atoms with E-state index in [0.717, 1.165) is 16.2 Å². The normalized spacial score (nSPS) is 19.1. The van der Waals surface area contributed by atoms with E-state index < -0.39 is 66.4 Å². The molecule has 2 fully saturated rings. The van der Waals surface area contributed by atoms with E-state index >= 15 is 0 Å². The number of hydroxylamine groups is 2. The van der Waals surface area contributed by atoms with Gasteiger partial charge in [-0.2, -0.15) is 0 Å². The van der Waals surface area contributed by atoms with Crippen molar-refractivity contribution in [1.82, 2.24) is 40.6 Å². The summed E-state index contributed by atoms with van der Waals surface area (Å²) in [6.07, 6.45) is 2.22. The number of carbonyl (C=O) groups excluding carboxylic acids is 6. The third kappa shape index (κ3) is 16.1. The maximum Gasteiger partial charge on any atom is 0.332 e. The number of likely N-dealkylation sites (N-methyl/N-ethyl adjacent to an activating group) is 2. The molecule has 0 radical (unpaired) electrons. The molecule has 2 aromatic carbocycles. The number of hydrogen-bond acceptors (Lipinski definition) is 14. The average Bonchev–Trinajstić information content (AvgIpc) is 4.16. The summed E-state index contributed by atoms with van der Waals surface area (Å²) in [6.45, 7) is 14.6. The zero-order chi connectivity index (χ0) is 54.9. The second-order valence-corrected chi connectivity index (χ2v) is 21.1. The number of hydrogen-bond donors (Lipinski definition) is 3. The van der Waals surface area contributed by atoms with E-state index in [9.17, 15) is 33.9 Å². The van der Waals surface area contributed by atoms with Crippen LogP contribution in [0, 0.1) is 23.7 Å². The van der Waals surface area contributed by atoms with Crippen molar-refractivity contribution in [2.75, 3.05) is 41.4 Å². The van der Waals surface area contributed by atoms with Crippen LogP contribution in [-0.2, 0) is 49.5 Å². The third-order valence-corrected chi connectivity index (χ3v) is 14.9. The predicted octanol–water partition coefficient (Wildman–Crippen LogP) is 6.11. The number of nitrogens with one attached hydrogen (secondary N) is 2. The van der Waals surface area contributed by atoms with Crippen molar-refractivity contribution in [3.8, 4) is 11.5 Å². The van der Waals surface area contributed by atoms with Crippen molar-refractivity contribution < 1.29 is 52.6 Å². The highest BCUT2D eigenvalue weighted by atomic mass is 16.7. The molecule has 2 aliphatic rings. The van der Waals surface area contributed by atoms with Crippen molar-refractivity contribution in [3.63, 3.8) is 0 Å². The first kappa shape index (κ1) is 60.1. The Hall–Kier alpha value is -5.76. The number of amides is 5. The Morgan fingerprint density at radius 1 is 0.853 bits per heavy atom. The van der Waals surface area contributed by atoms with Gasteiger partial charge in [-0.25, -0.2) is 4.79 Å². The summed E-state index contributed by atoms with van der Waals surface area (Å²) in [4.78, 5) is 92.5. The van der Waals surface area contributed by atoms with E-state index in [2.05, 4.69) is 20.8 Å². The van der Waals surface area contributed by atoms with E-state index in [0.29, 0.717) is 63.9 Å². The van der Waals surface area contributed by atoms with Gasteiger partial charge in [-0.1, -0.05) is 110 Å². The highest BCUT2D eigenvalue weighted by Crippen LogP contribution is 2.31. The molecule has 19 nitrogen and oxygen atoms in total. The lowest BCUT2D eigenvalue weighted by Gasteiger charge is -2.41. The summed E-state index contributed by atoms with van der Waals surface area (Å²) >= 11 is 0. The summed E-state index contributed by atoms with van der Waals surface area (Å²) < 4.78 is 18.4. The maximum absolute atomic E-state index is 14.7. The average molecular weight is 1050 g/mol. The number of ether oxygens (including phenoxy) is 2. The van der Waals surface area contributed by atoms with Gasteiger partial charge in [0.2, 0.25) is 35.4 Å². The molecule has 3 aromatic rings. The minimum absolute atomic E-state index is 0.0297. The maximum atomic E-state index is 14.7. The lowest BCUT2D eigenvalue weighted by atomic mass is 9.89. The molecule has 5 rings (SSSR count). The molecule has 2 saturated heterocycles. The molecular formula is C56H84N8O11. The number of unbranched alkanes of at least 4 members (excludes halogenated alkanes) is 2. The van der Waals surface area contributed by atoms with E-state index in [1.54, 1.807) is 38.0 Å². The van der Waals surface area contributed by atoms with E-state index in [4.69, 9.17) is 18.7 Å². The van der Waals surface area contributed by atoms with Crippen LogP contribution in [0.4, 0.5) is 0 Å². The van der Waals surface area contributed by atoms with Crippen molar-refractivity contribution in [1.29, 1.82) is 0 Å². The number of carbonyl (C=O) groups is 6. The Morgan fingerprint density at radius 2 is 1.53 bits per heavy atom. The fraction of sp³-hybridized carbons (Fsp3) is 0.643. The second kappa shape index (κ2) is 28.9. The molecule has 0 spiro atoms. The Labute approximate surface area is 443 Å². The zero-order valence-corrected chi connectivity index (χ0v) is 46.1. The monoisotopic (exact) mass is 1040 g/mol. The first-order valence-corrected chi connectivity index (χ1v) is 26.9. The summed E-state index contributed by atoms with van der Waals surface area (Å²) in [6, 6.07) is 16.1. The summed E-state index contributed by atoms with van der Waals surface area (Å²) in [7, 11) is 6.69. The van der Waals surface area contributed by atoms with Gasteiger partial charge in [-0.05, 0) is 74.7 Å². The Kier molecular flexibility index (Phi) is 23.2. The van der Waals surface area contributed by atoms with Gasteiger partial charge >= 0.3 is 5.97 Å². The quantitative estimate of drug-likeness (QED) is 0.0667. The molecule has 10 atom stereocenters. The van der Waals surface area contributed by atoms with Crippen LogP contribution in [0.15, 0.2) is 65.1 Å². The smallest absolute Gasteiger partial charge is 0.332 e. The third-order valence-electron chi connectivity index (χ3n) is 14.9. The van der Waals surface area contributed by atoms with Gasteiger partial charge in [0.25, 0.3) is 5.91 Å². The van der Waals surface area contributed by atoms with Crippen molar-refractivity contribution in [3.05, 3.63) is 72.1 Å². The Morgan fingerprint density at radius 3 is 2.13 bits per heavy atom. The first-order chi connectivity index (χ1) is 35.8. The molecule has 1 unspecified atom stereocenters. The molecule has 3 N–H and O–H groups in total. The highest BCUT2D eigenvalue weighted by molar-refractivity contribution is 5.90. The molecule has 75 heavy (non-hydrogen) atoms. The van der Waals surface area contributed by atoms with Crippen LogP contribution in [0.5, 0.6) is 0 Å². The topological polar surface area (TPSA) is 226 Å². The Bertz CT molecular complexity index is 2300. The van der Waals surface area contributed by atoms with Crippen molar-refractivity contribution >= 4 is 35.5 Å². The molecule has 2 aliphatic heterocycles. The highest BCUT2D eigenvalue weighted by Gasteiger charge is 2.44. The van der Waals surface area contributed by atoms with Gasteiger partial charge in [0, 0.05) is 59.1 Å². The molecule has 0 aliphatic carbocycles. The van der Waals surface area contributed by atoms with Crippen LogP contribution in [0.2, 0.25) is 0 Å². The first-order valence-electron chi connectivity index (χ1n) is 26.9. The van der Waals surface area contributed by atoms with Crippen LogP contribution >= 0.6 is 0 Å². The summed E-state index contributed by atoms with van der Waals surface area (Å²) in [5.41, 5.74) is 1.73. The number of aromatic nitrogens is 2. The molecule has 5 amide bonds. The molecular weight excluding hydrogens is 961 g/mol. The van der Waals surface area contributed by atoms with Crippen molar-refractivity contribution in [2.45, 2.75) is 168 Å². The van der Waals surface area contributed by atoms with Gasteiger partial charge < -0.3 is 44.3 Å². The molecule has 0 saturated carbocycles. The van der Waals surface area contributed by atoms with E-state index in [1.165, 1.54) is 0 Å².